The summed E-state index contributed by atoms with van der Waals surface area (Å²) in [5.74, 6) is 3.03. The minimum absolute atomic E-state index is 0.0919. The minimum Gasteiger partial charge on any atom is -0.378 e. The molecule has 0 saturated carbocycles. The molecule has 4 aromatic rings. The lowest BCUT2D eigenvalue weighted by Crippen LogP contribution is -2.40. The van der Waals surface area contributed by atoms with Gasteiger partial charge in [-0.25, -0.2) is 9.97 Å². The van der Waals surface area contributed by atoms with Gasteiger partial charge in [-0.3, -0.25) is 0 Å². The molecule has 0 amide bonds. The van der Waals surface area contributed by atoms with Gasteiger partial charge in [0.25, 0.3) is 0 Å². The van der Waals surface area contributed by atoms with Crippen LogP contribution >= 0.6 is 11.6 Å². The lowest BCUT2D eigenvalue weighted by molar-refractivity contribution is 0.122. The molecule has 3 fully saturated rings. The van der Waals surface area contributed by atoms with Gasteiger partial charge in [0.2, 0.25) is 5.28 Å². The molecule has 7 rings (SSSR count). The number of hydrogen-bond acceptors (Lipinski definition) is 8. The number of hydrogen-bond donors (Lipinski definition) is 0. The third-order valence-electron chi connectivity index (χ3n) is 7.93. The number of halogens is 1. The Kier molecular flexibility index (Phi) is 5.77. The molecule has 0 aliphatic carbocycles. The predicted molar refractivity (Wildman–Crippen MR) is 146 cm³/mol. The van der Waals surface area contributed by atoms with Gasteiger partial charge in [0.1, 0.15) is 17.5 Å². The van der Waals surface area contributed by atoms with E-state index in [2.05, 4.69) is 44.8 Å². The number of benzene rings is 1. The Hall–Kier alpha value is -3.17. The zero-order chi connectivity index (χ0) is 24.9. The first kappa shape index (κ1) is 23.0. The molecule has 1 aromatic carbocycles. The van der Waals surface area contributed by atoms with Gasteiger partial charge in [-0.2, -0.15) is 14.6 Å². The molecule has 1 unspecified atom stereocenters. The summed E-state index contributed by atoms with van der Waals surface area (Å²) >= 11 is 6.43. The third kappa shape index (κ3) is 4.05. The molecule has 37 heavy (non-hydrogen) atoms. The van der Waals surface area contributed by atoms with E-state index in [1.807, 2.05) is 16.6 Å². The zero-order valence-corrected chi connectivity index (χ0v) is 21.9. The average molecular weight is 519 g/mol. The first-order valence-corrected chi connectivity index (χ1v) is 13.7. The average Bonchev–Trinajstić information content (AvgIpc) is 3.31. The number of nitrogens with zero attached hydrogens (tertiary/aromatic N) is 8. The second-order valence-corrected chi connectivity index (χ2v) is 10.6. The topological polar surface area (TPSA) is 74.9 Å². The highest BCUT2D eigenvalue weighted by Crippen LogP contribution is 2.39. The van der Waals surface area contributed by atoms with Crippen LogP contribution in [0.3, 0.4) is 0 Å². The first-order chi connectivity index (χ1) is 18.2. The van der Waals surface area contributed by atoms with Crippen LogP contribution in [0.15, 0.2) is 30.3 Å². The number of rotatable bonds is 4. The van der Waals surface area contributed by atoms with E-state index in [1.165, 1.54) is 6.42 Å². The van der Waals surface area contributed by atoms with Gasteiger partial charge < -0.3 is 19.4 Å². The van der Waals surface area contributed by atoms with Gasteiger partial charge in [0, 0.05) is 50.2 Å². The Morgan fingerprint density at radius 2 is 1.78 bits per heavy atom. The monoisotopic (exact) mass is 518 g/mol. The molecule has 3 saturated heterocycles. The van der Waals surface area contributed by atoms with E-state index >= 15 is 0 Å². The molecule has 9 nitrogen and oxygen atoms in total. The molecule has 0 N–H and O–H groups in total. The number of anilines is 3. The van der Waals surface area contributed by atoms with Crippen molar-refractivity contribution in [1.82, 2.24) is 24.6 Å². The van der Waals surface area contributed by atoms with E-state index in [1.54, 1.807) is 0 Å². The van der Waals surface area contributed by atoms with Crippen LogP contribution in [0.1, 0.15) is 43.0 Å². The lowest BCUT2D eigenvalue weighted by atomic mass is 9.98. The predicted octanol–water partition coefficient (Wildman–Crippen LogP) is 4.41. The van der Waals surface area contributed by atoms with Crippen LogP contribution in [0, 0.1) is 6.92 Å². The smallest absolute Gasteiger partial charge is 0.224 e. The van der Waals surface area contributed by atoms with Crippen LogP contribution in [0.5, 0.6) is 0 Å². The fraction of sp³-hybridized carbons (Fsp3) is 0.481. The van der Waals surface area contributed by atoms with E-state index in [0.29, 0.717) is 0 Å². The Labute approximate surface area is 221 Å². The number of aromatic nitrogens is 5. The molecule has 10 heteroatoms. The number of morpholine rings is 1. The van der Waals surface area contributed by atoms with Crippen LogP contribution in [0.4, 0.5) is 17.5 Å². The maximum atomic E-state index is 6.43. The van der Waals surface area contributed by atoms with Gasteiger partial charge in [0.15, 0.2) is 5.65 Å². The van der Waals surface area contributed by atoms with Gasteiger partial charge in [0.05, 0.1) is 30.5 Å². The molecular weight excluding hydrogens is 488 g/mol. The summed E-state index contributed by atoms with van der Waals surface area (Å²) in [6.45, 7) is 8.31. The van der Waals surface area contributed by atoms with Crippen molar-refractivity contribution < 1.29 is 4.74 Å². The van der Waals surface area contributed by atoms with Crippen molar-refractivity contribution in [2.45, 2.75) is 38.6 Å². The summed E-state index contributed by atoms with van der Waals surface area (Å²) in [4.78, 5) is 21.4. The van der Waals surface area contributed by atoms with E-state index in [0.717, 1.165) is 110 Å². The highest BCUT2D eigenvalue weighted by molar-refractivity contribution is 6.28. The molecule has 192 valence electrons. The molecule has 3 aliphatic rings. The summed E-state index contributed by atoms with van der Waals surface area (Å²) in [7, 11) is 0. The summed E-state index contributed by atoms with van der Waals surface area (Å²) in [5, 5.41) is 6.54. The zero-order valence-electron chi connectivity index (χ0n) is 21.1. The highest BCUT2D eigenvalue weighted by atomic mass is 35.5. The number of ether oxygens (including phenoxy) is 1. The van der Waals surface area contributed by atoms with Crippen LogP contribution < -0.4 is 14.7 Å². The quantitative estimate of drug-likeness (QED) is 0.368. The van der Waals surface area contributed by atoms with E-state index < -0.39 is 0 Å². The summed E-state index contributed by atoms with van der Waals surface area (Å²) in [5.41, 5.74) is 3.95. The van der Waals surface area contributed by atoms with Gasteiger partial charge >= 0.3 is 0 Å². The maximum absolute atomic E-state index is 6.43. The van der Waals surface area contributed by atoms with Crippen LogP contribution in [-0.4, -0.2) is 70.5 Å². The second-order valence-electron chi connectivity index (χ2n) is 10.2. The SMILES string of the molecule is Cc1cccc2nc(Cl)nc(N3CCCCC3c3cc4nc(N5CCC5)cc(N5CCOCC5)n4n3)c12. The molecular formula is C27H31ClN8O. The molecule has 0 radical (unpaired) electrons. The Balaban J connectivity index is 1.35. The van der Waals surface area contributed by atoms with Crippen molar-refractivity contribution in [2.75, 3.05) is 60.6 Å². The molecule has 3 aliphatic heterocycles. The van der Waals surface area contributed by atoms with Crippen LogP contribution in [-0.2, 0) is 4.74 Å². The summed E-state index contributed by atoms with van der Waals surface area (Å²) in [6, 6.07) is 10.6. The van der Waals surface area contributed by atoms with E-state index in [9.17, 15) is 0 Å². The van der Waals surface area contributed by atoms with Crippen LogP contribution in [0.25, 0.3) is 16.6 Å². The lowest BCUT2D eigenvalue weighted by Gasteiger charge is -2.36. The number of fused-ring (bicyclic) bond motifs is 2. The Morgan fingerprint density at radius 3 is 2.59 bits per heavy atom. The van der Waals surface area contributed by atoms with Crippen molar-refractivity contribution in [2.24, 2.45) is 0 Å². The molecule has 1 atom stereocenters. The van der Waals surface area contributed by atoms with Gasteiger partial charge in [-0.15, -0.1) is 0 Å². The van der Waals surface area contributed by atoms with E-state index in [-0.39, 0.29) is 11.3 Å². The highest BCUT2D eigenvalue weighted by Gasteiger charge is 2.31. The third-order valence-corrected chi connectivity index (χ3v) is 8.10. The normalized spacial score (nSPS) is 20.6. The first-order valence-electron chi connectivity index (χ1n) is 13.3. The van der Waals surface area contributed by atoms with Crippen molar-refractivity contribution in [3.63, 3.8) is 0 Å². The van der Waals surface area contributed by atoms with Crippen LogP contribution in [0.2, 0.25) is 5.28 Å². The summed E-state index contributed by atoms with van der Waals surface area (Å²) in [6.07, 6.45) is 4.48. The molecule has 6 heterocycles. The van der Waals surface area contributed by atoms with Crippen molar-refractivity contribution in [3.8, 4) is 0 Å². The van der Waals surface area contributed by atoms with Crippen molar-refractivity contribution in [3.05, 3.63) is 46.9 Å². The summed E-state index contributed by atoms with van der Waals surface area (Å²) < 4.78 is 7.67. The fourth-order valence-corrected chi connectivity index (χ4v) is 6.03. The fourth-order valence-electron chi connectivity index (χ4n) is 5.86. The number of aryl methyl sites for hydroxylation is 1. The standard InChI is InChI=1S/C27H31ClN8O/c1-18-6-4-7-19-25(18)26(31-27(28)29-19)35-11-3-2-8-21(35)20-16-23-30-22(33-9-5-10-33)17-24(36(23)32-20)34-12-14-37-15-13-34/h4,6-7,16-17,21H,2-3,5,8-15H2,1H3. The molecule has 0 spiro atoms. The maximum Gasteiger partial charge on any atom is 0.224 e. The Morgan fingerprint density at radius 1 is 0.919 bits per heavy atom. The van der Waals surface area contributed by atoms with Crippen molar-refractivity contribution in [1.29, 1.82) is 0 Å². The Bertz CT molecular complexity index is 1460. The number of piperidine rings is 1. The van der Waals surface area contributed by atoms with Gasteiger partial charge in [-0.1, -0.05) is 12.1 Å². The molecule has 3 aromatic heterocycles. The van der Waals surface area contributed by atoms with Crippen molar-refractivity contribution >= 4 is 45.6 Å². The minimum atomic E-state index is 0.0919. The van der Waals surface area contributed by atoms with E-state index in [4.69, 9.17) is 31.4 Å². The van der Waals surface area contributed by atoms with Gasteiger partial charge in [-0.05, 0) is 55.8 Å². The second kappa shape index (κ2) is 9.29. The molecule has 0 bridgehead atoms. The largest absolute Gasteiger partial charge is 0.378 e.